The van der Waals surface area contributed by atoms with Gasteiger partial charge in [-0.05, 0) is 57.7 Å². The molecule has 134 valence electrons. The molecule has 0 saturated heterocycles. The van der Waals surface area contributed by atoms with Gasteiger partial charge in [0.15, 0.2) is 0 Å². The number of amides is 1. The number of nitriles is 1. The standard InChI is InChI=1S/C20H22N4OS/c1-11-5-6-12(2)17(9-11)23-19(25)14(4)26-20-16(10-21)13(3)22-18(24-20)15-7-8-15/h5-6,9,14-15H,7-8H2,1-4H3,(H,23,25)/t14-/m0/s1. The predicted molar refractivity (Wildman–Crippen MR) is 103 cm³/mol. The summed E-state index contributed by atoms with van der Waals surface area (Å²) in [7, 11) is 0. The summed E-state index contributed by atoms with van der Waals surface area (Å²) < 4.78 is 0. The first-order chi connectivity index (χ1) is 12.4. The summed E-state index contributed by atoms with van der Waals surface area (Å²) in [5, 5.41) is 12.7. The fourth-order valence-corrected chi connectivity index (χ4v) is 3.59. The molecule has 1 fully saturated rings. The van der Waals surface area contributed by atoms with E-state index in [1.807, 2.05) is 45.9 Å². The fraction of sp³-hybridized carbons (Fsp3) is 0.400. The van der Waals surface area contributed by atoms with Crippen LogP contribution in [0.4, 0.5) is 5.69 Å². The van der Waals surface area contributed by atoms with Crippen LogP contribution in [-0.2, 0) is 4.79 Å². The molecule has 1 atom stereocenters. The molecule has 5 nitrogen and oxygen atoms in total. The Balaban J connectivity index is 1.78. The number of hydrogen-bond acceptors (Lipinski definition) is 5. The monoisotopic (exact) mass is 366 g/mol. The molecule has 26 heavy (non-hydrogen) atoms. The highest BCUT2D eigenvalue weighted by molar-refractivity contribution is 8.00. The molecule has 1 heterocycles. The molecule has 0 aliphatic heterocycles. The zero-order valence-corrected chi connectivity index (χ0v) is 16.3. The third-order valence-electron chi connectivity index (χ3n) is 4.44. The summed E-state index contributed by atoms with van der Waals surface area (Å²) in [5.41, 5.74) is 4.09. The van der Waals surface area contributed by atoms with E-state index >= 15 is 0 Å². The molecule has 1 aromatic heterocycles. The summed E-state index contributed by atoms with van der Waals surface area (Å²) >= 11 is 1.32. The molecular formula is C20H22N4OS. The van der Waals surface area contributed by atoms with Crippen LogP contribution in [0.25, 0.3) is 0 Å². The highest BCUT2D eigenvalue weighted by Gasteiger charge is 2.29. The highest BCUT2D eigenvalue weighted by Crippen LogP contribution is 2.39. The Labute approximate surface area is 158 Å². The minimum atomic E-state index is -0.372. The van der Waals surface area contributed by atoms with Gasteiger partial charge in [0, 0.05) is 11.6 Å². The SMILES string of the molecule is Cc1ccc(C)c(NC(=O)[C@H](C)Sc2nc(C3CC3)nc(C)c2C#N)c1. The normalized spacial score (nSPS) is 14.6. The van der Waals surface area contributed by atoms with Crippen LogP contribution in [-0.4, -0.2) is 21.1 Å². The lowest BCUT2D eigenvalue weighted by Gasteiger charge is -2.15. The Hall–Kier alpha value is -2.39. The van der Waals surface area contributed by atoms with Crippen LogP contribution < -0.4 is 5.32 Å². The Bertz CT molecular complexity index is 899. The Morgan fingerprint density at radius 2 is 2.04 bits per heavy atom. The number of anilines is 1. The second kappa shape index (κ2) is 7.46. The molecular weight excluding hydrogens is 344 g/mol. The van der Waals surface area contributed by atoms with Crippen molar-refractivity contribution in [1.82, 2.24) is 9.97 Å². The van der Waals surface area contributed by atoms with Gasteiger partial charge in [-0.1, -0.05) is 23.9 Å². The lowest BCUT2D eigenvalue weighted by Crippen LogP contribution is -2.23. The number of carbonyl (C=O) groups excluding carboxylic acids is 1. The summed E-state index contributed by atoms with van der Waals surface area (Å²) in [6.45, 7) is 7.63. The van der Waals surface area contributed by atoms with Crippen LogP contribution in [0.15, 0.2) is 23.2 Å². The molecule has 3 rings (SSSR count). The number of rotatable bonds is 5. The zero-order chi connectivity index (χ0) is 18.8. The fourth-order valence-electron chi connectivity index (χ4n) is 2.63. The maximum Gasteiger partial charge on any atom is 0.237 e. The number of nitrogens with zero attached hydrogens (tertiary/aromatic N) is 3. The van der Waals surface area contributed by atoms with Gasteiger partial charge in [0.2, 0.25) is 5.91 Å². The van der Waals surface area contributed by atoms with Crippen molar-refractivity contribution in [3.05, 3.63) is 46.4 Å². The van der Waals surface area contributed by atoms with Gasteiger partial charge < -0.3 is 5.32 Å². The van der Waals surface area contributed by atoms with Gasteiger partial charge in [-0.25, -0.2) is 9.97 Å². The van der Waals surface area contributed by atoms with Gasteiger partial charge in [0.1, 0.15) is 22.5 Å². The summed E-state index contributed by atoms with van der Waals surface area (Å²) in [5.74, 6) is 1.10. The Morgan fingerprint density at radius 1 is 1.31 bits per heavy atom. The van der Waals surface area contributed by atoms with Gasteiger partial charge in [0.25, 0.3) is 0 Å². The van der Waals surface area contributed by atoms with E-state index in [2.05, 4.69) is 21.4 Å². The molecule has 1 aliphatic rings. The van der Waals surface area contributed by atoms with Gasteiger partial charge in [-0.2, -0.15) is 5.26 Å². The third-order valence-corrected chi connectivity index (χ3v) is 5.52. The van der Waals surface area contributed by atoms with Crippen LogP contribution in [0.3, 0.4) is 0 Å². The van der Waals surface area contributed by atoms with Gasteiger partial charge in [-0.15, -0.1) is 0 Å². The molecule has 0 unspecified atom stereocenters. The summed E-state index contributed by atoms with van der Waals surface area (Å²) in [4.78, 5) is 21.7. The zero-order valence-electron chi connectivity index (χ0n) is 15.5. The lowest BCUT2D eigenvalue weighted by atomic mass is 10.1. The van der Waals surface area contributed by atoms with Crippen LogP contribution in [0, 0.1) is 32.1 Å². The third kappa shape index (κ3) is 4.05. The van der Waals surface area contributed by atoms with Crippen molar-refractivity contribution in [1.29, 1.82) is 5.26 Å². The first kappa shape index (κ1) is 18.4. The highest BCUT2D eigenvalue weighted by atomic mass is 32.2. The van der Waals surface area contributed by atoms with E-state index < -0.39 is 0 Å². The van der Waals surface area contributed by atoms with Crippen LogP contribution in [0.1, 0.15) is 53.9 Å². The van der Waals surface area contributed by atoms with Crippen molar-refractivity contribution in [3.8, 4) is 6.07 Å². The number of aromatic nitrogens is 2. The van der Waals surface area contributed by atoms with Crippen molar-refractivity contribution < 1.29 is 4.79 Å². The van der Waals surface area contributed by atoms with Crippen LogP contribution >= 0.6 is 11.8 Å². The number of nitrogens with one attached hydrogen (secondary N) is 1. The topological polar surface area (TPSA) is 78.7 Å². The second-order valence-electron chi connectivity index (χ2n) is 6.80. The van der Waals surface area contributed by atoms with Crippen molar-refractivity contribution in [2.75, 3.05) is 5.32 Å². The molecule has 1 aliphatic carbocycles. The van der Waals surface area contributed by atoms with Crippen molar-refractivity contribution >= 4 is 23.4 Å². The minimum absolute atomic E-state index is 0.100. The Morgan fingerprint density at radius 3 is 2.69 bits per heavy atom. The van der Waals surface area contributed by atoms with Crippen molar-refractivity contribution in [2.24, 2.45) is 0 Å². The Kier molecular flexibility index (Phi) is 5.28. The second-order valence-corrected chi connectivity index (χ2v) is 8.13. The van der Waals surface area contributed by atoms with Gasteiger partial charge in [0.05, 0.1) is 10.9 Å². The first-order valence-electron chi connectivity index (χ1n) is 8.72. The van der Waals surface area contributed by atoms with Gasteiger partial charge in [-0.3, -0.25) is 4.79 Å². The van der Waals surface area contributed by atoms with E-state index in [0.717, 1.165) is 35.5 Å². The van der Waals surface area contributed by atoms with Crippen molar-refractivity contribution in [2.45, 2.75) is 56.7 Å². The number of carbonyl (C=O) groups is 1. The molecule has 1 N–H and O–H groups in total. The summed E-state index contributed by atoms with van der Waals surface area (Å²) in [6.07, 6.45) is 2.19. The number of benzene rings is 1. The predicted octanol–water partition coefficient (Wildman–Crippen LogP) is 4.27. The van der Waals surface area contributed by atoms with E-state index in [-0.39, 0.29) is 11.2 Å². The largest absolute Gasteiger partial charge is 0.325 e. The molecule has 1 aromatic carbocycles. The molecule has 6 heteroatoms. The molecule has 0 spiro atoms. The summed E-state index contributed by atoms with van der Waals surface area (Å²) in [6, 6.07) is 8.16. The maximum absolute atomic E-state index is 12.6. The average Bonchev–Trinajstić information content (AvgIpc) is 3.43. The quantitative estimate of drug-likeness (QED) is 0.631. The molecule has 2 aromatic rings. The molecule has 0 radical (unpaired) electrons. The molecule has 1 amide bonds. The number of hydrogen-bond donors (Lipinski definition) is 1. The van der Waals surface area contributed by atoms with Crippen LogP contribution in [0.2, 0.25) is 0 Å². The average molecular weight is 366 g/mol. The molecule has 1 saturated carbocycles. The minimum Gasteiger partial charge on any atom is -0.325 e. The van der Waals surface area contributed by atoms with E-state index in [0.29, 0.717) is 22.2 Å². The van der Waals surface area contributed by atoms with Crippen LogP contribution in [0.5, 0.6) is 0 Å². The maximum atomic E-state index is 12.6. The van der Waals surface area contributed by atoms with E-state index in [1.165, 1.54) is 11.8 Å². The van der Waals surface area contributed by atoms with Crippen molar-refractivity contribution in [3.63, 3.8) is 0 Å². The number of aryl methyl sites for hydroxylation is 3. The van der Waals surface area contributed by atoms with E-state index in [4.69, 9.17) is 0 Å². The lowest BCUT2D eigenvalue weighted by molar-refractivity contribution is -0.115. The number of thioether (sulfide) groups is 1. The van der Waals surface area contributed by atoms with Gasteiger partial charge >= 0.3 is 0 Å². The molecule has 0 bridgehead atoms. The van der Waals surface area contributed by atoms with E-state index in [1.54, 1.807) is 0 Å². The van der Waals surface area contributed by atoms with E-state index in [9.17, 15) is 10.1 Å². The first-order valence-corrected chi connectivity index (χ1v) is 9.60. The smallest absolute Gasteiger partial charge is 0.237 e.